The molecule has 20 heavy (non-hydrogen) atoms. The molecule has 5 nitrogen and oxygen atoms in total. The molecule has 1 aromatic heterocycles. The summed E-state index contributed by atoms with van der Waals surface area (Å²) in [6, 6.07) is 3.50. The maximum Gasteiger partial charge on any atom is 0.318 e. The molecule has 1 aliphatic heterocycles. The molecule has 8 heteroatoms. The molecular weight excluding hydrogens is 364 g/mol. The number of carbonyl (C=O) groups excluding carboxylic acids is 1. The monoisotopic (exact) mass is 378 g/mol. The lowest BCUT2D eigenvalue weighted by Crippen LogP contribution is -2.51. The van der Waals surface area contributed by atoms with Crippen LogP contribution in [-0.4, -0.2) is 46.1 Å². The van der Waals surface area contributed by atoms with Gasteiger partial charge in [0.15, 0.2) is 0 Å². The number of nitrogens with one attached hydrogen (secondary N) is 1. The zero-order chi connectivity index (χ0) is 14.5. The molecule has 110 valence electrons. The molecule has 1 unspecified atom stereocenters. The summed E-state index contributed by atoms with van der Waals surface area (Å²) in [5, 5.41) is 11.8. The third kappa shape index (κ3) is 4.39. The van der Waals surface area contributed by atoms with Crippen LogP contribution in [0.3, 0.4) is 0 Å². The second-order valence-electron chi connectivity index (χ2n) is 4.38. The van der Waals surface area contributed by atoms with Gasteiger partial charge in [0.05, 0.1) is 22.8 Å². The number of halogens is 1. The minimum Gasteiger partial charge on any atom is -0.481 e. The Morgan fingerprint density at radius 3 is 2.95 bits per heavy atom. The lowest BCUT2D eigenvalue weighted by Gasteiger charge is -2.34. The second kappa shape index (κ2) is 7.33. The van der Waals surface area contributed by atoms with Crippen molar-refractivity contribution in [2.24, 2.45) is 0 Å². The highest BCUT2D eigenvalue weighted by molar-refractivity contribution is 9.11. The Morgan fingerprint density at radius 1 is 1.50 bits per heavy atom. The summed E-state index contributed by atoms with van der Waals surface area (Å²) in [6.45, 7) is 1.07. The molecular formula is C12H15BrN2O3S2. The normalized spacial score (nSPS) is 18.9. The van der Waals surface area contributed by atoms with E-state index < -0.39 is 5.97 Å². The number of rotatable bonds is 4. The zero-order valence-electron chi connectivity index (χ0n) is 10.7. The van der Waals surface area contributed by atoms with Crippen LogP contribution in [0.1, 0.15) is 11.3 Å². The maximum atomic E-state index is 12.2. The molecule has 1 atom stereocenters. The molecule has 1 saturated heterocycles. The third-order valence-corrected chi connectivity index (χ3v) is 5.66. The van der Waals surface area contributed by atoms with Crippen LogP contribution in [0, 0.1) is 0 Å². The van der Waals surface area contributed by atoms with Crippen LogP contribution < -0.4 is 5.32 Å². The van der Waals surface area contributed by atoms with Gasteiger partial charge in [-0.1, -0.05) is 0 Å². The van der Waals surface area contributed by atoms with E-state index >= 15 is 0 Å². The van der Waals surface area contributed by atoms with Gasteiger partial charge in [-0.05, 0) is 28.1 Å². The molecule has 0 aliphatic carbocycles. The van der Waals surface area contributed by atoms with Gasteiger partial charge < -0.3 is 15.3 Å². The fourth-order valence-electron chi connectivity index (χ4n) is 2.00. The summed E-state index contributed by atoms with van der Waals surface area (Å²) < 4.78 is 1.03. The maximum absolute atomic E-state index is 12.2. The Hall–Kier alpha value is -0.730. The van der Waals surface area contributed by atoms with E-state index in [0.717, 1.165) is 14.4 Å². The molecule has 0 aromatic carbocycles. The molecule has 1 fully saturated rings. The number of aliphatic carboxylic acids is 1. The molecule has 0 bridgehead atoms. The van der Waals surface area contributed by atoms with Crippen molar-refractivity contribution in [2.75, 3.05) is 18.1 Å². The summed E-state index contributed by atoms with van der Waals surface area (Å²) in [5.74, 6) is 0.677. The van der Waals surface area contributed by atoms with Gasteiger partial charge in [-0.25, -0.2) is 4.79 Å². The van der Waals surface area contributed by atoms with Crippen LogP contribution >= 0.6 is 39.0 Å². The van der Waals surface area contributed by atoms with Crippen LogP contribution in [0.15, 0.2) is 15.9 Å². The average molecular weight is 379 g/mol. The van der Waals surface area contributed by atoms with Gasteiger partial charge in [0.2, 0.25) is 0 Å². The number of carboxylic acids is 1. The topological polar surface area (TPSA) is 69.6 Å². The molecule has 2 rings (SSSR count). The number of hydrogen-bond donors (Lipinski definition) is 2. The Morgan fingerprint density at radius 2 is 2.30 bits per heavy atom. The van der Waals surface area contributed by atoms with Crippen LogP contribution in [0.5, 0.6) is 0 Å². The molecule has 2 amide bonds. The lowest BCUT2D eigenvalue weighted by molar-refractivity contribution is -0.137. The van der Waals surface area contributed by atoms with Gasteiger partial charge in [-0.15, -0.1) is 11.3 Å². The van der Waals surface area contributed by atoms with Gasteiger partial charge in [-0.2, -0.15) is 11.8 Å². The van der Waals surface area contributed by atoms with Crippen molar-refractivity contribution in [2.45, 2.75) is 19.0 Å². The number of carbonyl (C=O) groups is 2. The first-order valence-electron chi connectivity index (χ1n) is 6.14. The number of urea groups is 1. The smallest absolute Gasteiger partial charge is 0.318 e. The minimum atomic E-state index is -0.863. The number of carboxylic acid groups (broad SMARTS) is 1. The standard InChI is InChI=1S/C12H15BrN2O3S2/c13-10-2-1-9(20-10)6-14-12(18)15-3-4-19-7-8(15)5-11(16)17/h1-2,8H,3-7H2,(H,14,18)(H,16,17). The Bertz CT molecular complexity index is 495. The highest BCUT2D eigenvalue weighted by Crippen LogP contribution is 2.22. The van der Waals surface area contributed by atoms with Crippen LogP contribution in [0.2, 0.25) is 0 Å². The molecule has 2 heterocycles. The van der Waals surface area contributed by atoms with Crippen LogP contribution in [-0.2, 0) is 11.3 Å². The third-order valence-electron chi connectivity index (χ3n) is 2.94. The van der Waals surface area contributed by atoms with E-state index in [0.29, 0.717) is 18.8 Å². The van der Waals surface area contributed by atoms with E-state index in [4.69, 9.17) is 5.11 Å². The van der Waals surface area contributed by atoms with Crippen molar-refractivity contribution >= 4 is 51.0 Å². The first-order chi connectivity index (χ1) is 9.56. The Labute approximate surface area is 133 Å². The summed E-state index contributed by atoms with van der Waals surface area (Å²) in [6.07, 6.45) is 0.00493. The van der Waals surface area contributed by atoms with Crippen LogP contribution in [0.4, 0.5) is 4.79 Å². The first-order valence-corrected chi connectivity index (χ1v) is 8.91. The molecule has 0 saturated carbocycles. The van der Waals surface area contributed by atoms with E-state index in [2.05, 4.69) is 21.2 Å². The predicted octanol–water partition coefficient (Wildman–Crippen LogP) is 2.61. The minimum absolute atomic E-state index is 0.00493. The predicted molar refractivity (Wildman–Crippen MR) is 84.3 cm³/mol. The van der Waals surface area contributed by atoms with Gasteiger partial charge in [0.25, 0.3) is 0 Å². The highest BCUT2D eigenvalue weighted by Gasteiger charge is 2.28. The van der Waals surface area contributed by atoms with E-state index in [1.54, 1.807) is 28.0 Å². The summed E-state index contributed by atoms with van der Waals surface area (Å²) >= 11 is 6.65. The molecule has 0 spiro atoms. The fourth-order valence-corrected chi connectivity index (χ4v) is 4.49. The molecule has 2 N–H and O–H groups in total. The van der Waals surface area contributed by atoms with Crippen molar-refractivity contribution in [3.05, 3.63) is 20.8 Å². The number of nitrogens with zero attached hydrogens (tertiary/aromatic N) is 1. The SMILES string of the molecule is O=C(O)CC1CSCCN1C(=O)NCc1ccc(Br)s1. The molecule has 0 radical (unpaired) electrons. The molecule has 1 aliphatic rings. The van der Waals surface area contributed by atoms with E-state index in [1.165, 1.54) is 0 Å². The molecule has 1 aromatic rings. The van der Waals surface area contributed by atoms with Gasteiger partial charge >= 0.3 is 12.0 Å². The van der Waals surface area contributed by atoms with Crippen molar-refractivity contribution in [1.29, 1.82) is 0 Å². The van der Waals surface area contributed by atoms with Gasteiger partial charge in [0, 0.05) is 22.9 Å². The van der Waals surface area contributed by atoms with Crippen molar-refractivity contribution < 1.29 is 14.7 Å². The first kappa shape index (κ1) is 15.7. The van der Waals surface area contributed by atoms with E-state index in [-0.39, 0.29) is 18.5 Å². The summed E-state index contributed by atoms with van der Waals surface area (Å²) in [4.78, 5) is 25.7. The summed E-state index contributed by atoms with van der Waals surface area (Å²) in [7, 11) is 0. The number of thiophene rings is 1. The fraction of sp³-hybridized carbons (Fsp3) is 0.500. The van der Waals surface area contributed by atoms with Crippen LogP contribution in [0.25, 0.3) is 0 Å². The number of thioether (sulfide) groups is 1. The van der Waals surface area contributed by atoms with E-state index in [9.17, 15) is 9.59 Å². The summed E-state index contributed by atoms with van der Waals surface area (Å²) in [5.41, 5.74) is 0. The van der Waals surface area contributed by atoms with Crippen molar-refractivity contribution in [1.82, 2.24) is 10.2 Å². The lowest BCUT2D eigenvalue weighted by atomic mass is 10.2. The van der Waals surface area contributed by atoms with Crippen molar-refractivity contribution in [3.63, 3.8) is 0 Å². The largest absolute Gasteiger partial charge is 0.481 e. The second-order valence-corrected chi connectivity index (χ2v) is 8.08. The highest BCUT2D eigenvalue weighted by atomic mass is 79.9. The van der Waals surface area contributed by atoms with Crippen molar-refractivity contribution in [3.8, 4) is 0 Å². The quantitative estimate of drug-likeness (QED) is 0.844. The van der Waals surface area contributed by atoms with E-state index in [1.807, 2.05) is 12.1 Å². The average Bonchev–Trinajstić information content (AvgIpc) is 2.82. The van der Waals surface area contributed by atoms with Gasteiger partial charge in [-0.3, -0.25) is 4.79 Å². The number of hydrogen-bond acceptors (Lipinski definition) is 4. The Balaban J connectivity index is 1.90. The number of amides is 2. The zero-order valence-corrected chi connectivity index (χ0v) is 13.9. The van der Waals surface area contributed by atoms with Gasteiger partial charge in [0.1, 0.15) is 0 Å². The Kier molecular flexibility index (Phi) is 5.74.